The zero-order chi connectivity index (χ0) is 17.9. The molecule has 1 aliphatic heterocycles. The lowest BCUT2D eigenvalue weighted by Gasteiger charge is -2.35. The van der Waals surface area contributed by atoms with Gasteiger partial charge in [-0.25, -0.2) is 0 Å². The number of hydrogen-bond donors (Lipinski definition) is 0. The third kappa shape index (κ3) is 3.90. The molecule has 0 radical (unpaired) electrons. The Labute approximate surface area is 157 Å². The number of carbonyl (C=O) groups excluding carboxylic acids is 2. The monoisotopic (exact) mass is 370 g/mol. The van der Waals surface area contributed by atoms with Gasteiger partial charge in [0.2, 0.25) is 5.91 Å². The molecule has 1 aromatic carbocycles. The van der Waals surface area contributed by atoms with E-state index in [4.69, 9.17) is 4.74 Å². The molecule has 2 amide bonds. The Hall–Kier alpha value is -2.34. The lowest BCUT2D eigenvalue weighted by Crippen LogP contribution is -2.51. The fourth-order valence-corrected chi connectivity index (χ4v) is 3.79. The molecule has 0 spiro atoms. The zero-order valence-corrected chi connectivity index (χ0v) is 15.4. The van der Waals surface area contributed by atoms with Crippen LogP contribution in [0.4, 0.5) is 0 Å². The minimum atomic E-state index is 0.00472. The highest BCUT2D eigenvalue weighted by Gasteiger charge is 2.35. The van der Waals surface area contributed by atoms with Crippen LogP contribution in [0, 0.1) is 5.92 Å². The SMILES string of the molecule is O=C(c1cccc(OCc2cccs2)c1)N1CCN(C(=O)C2CC2)CC1. The molecule has 2 aliphatic rings. The van der Waals surface area contributed by atoms with Crippen molar-refractivity contribution in [2.45, 2.75) is 19.4 Å². The number of amides is 2. The van der Waals surface area contributed by atoms with E-state index in [9.17, 15) is 9.59 Å². The summed E-state index contributed by atoms with van der Waals surface area (Å²) in [5.74, 6) is 1.22. The number of thiophene rings is 1. The molecule has 2 aromatic rings. The number of benzene rings is 1. The predicted molar refractivity (Wildman–Crippen MR) is 100 cm³/mol. The van der Waals surface area contributed by atoms with Gasteiger partial charge in [0.1, 0.15) is 12.4 Å². The van der Waals surface area contributed by atoms with Crippen LogP contribution in [0.1, 0.15) is 28.1 Å². The van der Waals surface area contributed by atoms with E-state index < -0.39 is 0 Å². The smallest absolute Gasteiger partial charge is 0.254 e. The quantitative estimate of drug-likeness (QED) is 0.813. The van der Waals surface area contributed by atoms with Crippen LogP contribution < -0.4 is 4.74 Å². The van der Waals surface area contributed by atoms with Crippen LogP contribution in [-0.4, -0.2) is 47.8 Å². The van der Waals surface area contributed by atoms with E-state index in [2.05, 4.69) is 0 Å². The summed E-state index contributed by atoms with van der Waals surface area (Å²) < 4.78 is 5.80. The fourth-order valence-electron chi connectivity index (χ4n) is 3.17. The highest BCUT2D eigenvalue weighted by Crippen LogP contribution is 2.31. The second kappa shape index (κ2) is 7.50. The average Bonchev–Trinajstić information content (AvgIpc) is 3.41. The Morgan fingerprint density at radius 2 is 1.81 bits per heavy atom. The van der Waals surface area contributed by atoms with Gasteiger partial charge in [-0.3, -0.25) is 9.59 Å². The van der Waals surface area contributed by atoms with Gasteiger partial charge in [-0.15, -0.1) is 11.3 Å². The summed E-state index contributed by atoms with van der Waals surface area (Å²) >= 11 is 1.65. The van der Waals surface area contributed by atoms with Gasteiger partial charge in [0.15, 0.2) is 0 Å². The van der Waals surface area contributed by atoms with Crippen molar-refractivity contribution in [3.63, 3.8) is 0 Å². The first-order valence-corrected chi connectivity index (χ1v) is 9.92. The van der Waals surface area contributed by atoms with Gasteiger partial charge in [0, 0.05) is 42.5 Å². The van der Waals surface area contributed by atoms with Crippen molar-refractivity contribution in [1.82, 2.24) is 9.80 Å². The number of nitrogens with zero attached hydrogens (tertiary/aromatic N) is 2. The highest BCUT2D eigenvalue weighted by atomic mass is 32.1. The average molecular weight is 370 g/mol. The van der Waals surface area contributed by atoms with Crippen molar-refractivity contribution in [3.05, 3.63) is 52.2 Å². The molecule has 1 saturated heterocycles. The maximum absolute atomic E-state index is 12.8. The van der Waals surface area contributed by atoms with Crippen LogP contribution in [0.5, 0.6) is 5.75 Å². The number of rotatable bonds is 5. The standard InChI is InChI=1S/C20H22N2O3S/c23-19(15-6-7-15)21-8-10-22(11-9-21)20(24)16-3-1-4-17(13-16)25-14-18-5-2-12-26-18/h1-5,12-13,15H,6-11,14H2. The molecule has 4 rings (SSSR count). The minimum Gasteiger partial charge on any atom is -0.488 e. The number of piperazine rings is 1. The summed E-state index contributed by atoms with van der Waals surface area (Å²) in [6.07, 6.45) is 2.05. The van der Waals surface area contributed by atoms with Crippen LogP contribution in [-0.2, 0) is 11.4 Å². The topological polar surface area (TPSA) is 49.9 Å². The number of carbonyl (C=O) groups is 2. The molecule has 0 unspecified atom stereocenters. The van der Waals surface area contributed by atoms with Gasteiger partial charge in [0.05, 0.1) is 0 Å². The fraction of sp³-hybridized carbons (Fsp3) is 0.400. The molecule has 6 heteroatoms. The maximum atomic E-state index is 12.8. The molecule has 0 atom stereocenters. The molecule has 1 aliphatic carbocycles. The number of ether oxygens (including phenoxy) is 1. The van der Waals surface area contributed by atoms with Gasteiger partial charge < -0.3 is 14.5 Å². The molecular weight excluding hydrogens is 348 g/mol. The molecule has 26 heavy (non-hydrogen) atoms. The second-order valence-electron chi connectivity index (χ2n) is 6.79. The van der Waals surface area contributed by atoms with E-state index in [0.717, 1.165) is 17.7 Å². The Kier molecular flexibility index (Phi) is 4.93. The first-order valence-electron chi connectivity index (χ1n) is 9.04. The molecule has 0 N–H and O–H groups in total. The van der Waals surface area contributed by atoms with Gasteiger partial charge >= 0.3 is 0 Å². The van der Waals surface area contributed by atoms with Gasteiger partial charge in [-0.1, -0.05) is 12.1 Å². The van der Waals surface area contributed by atoms with Crippen LogP contribution in [0.15, 0.2) is 41.8 Å². The van der Waals surface area contributed by atoms with Crippen molar-refractivity contribution in [1.29, 1.82) is 0 Å². The molecule has 2 fully saturated rings. The largest absolute Gasteiger partial charge is 0.488 e. The van der Waals surface area contributed by atoms with E-state index in [0.29, 0.717) is 44.1 Å². The second-order valence-corrected chi connectivity index (χ2v) is 7.82. The Balaban J connectivity index is 1.34. The third-order valence-electron chi connectivity index (χ3n) is 4.85. The van der Waals surface area contributed by atoms with E-state index in [1.165, 1.54) is 0 Å². The molecule has 1 saturated carbocycles. The maximum Gasteiger partial charge on any atom is 0.254 e. The molecule has 1 aromatic heterocycles. The normalized spacial score (nSPS) is 17.2. The first-order chi connectivity index (χ1) is 12.7. The Morgan fingerprint density at radius 3 is 2.50 bits per heavy atom. The third-order valence-corrected chi connectivity index (χ3v) is 5.70. The van der Waals surface area contributed by atoms with Crippen LogP contribution in [0.25, 0.3) is 0 Å². The first kappa shape index (κ1) is 17.1. The summed E-state index contributed by atoms with van der Waals surface area (Å²) in [4.78, 5) is 29.8. The molecule has 2 heterocycles. The van der Waals surface area contributed by atoms with Crippen LogP contribution >= 0.6 is 11.3 Å². The molecular formula is C20H22N2O3S. The van der Waals surface area contributed by atoms with E-state index >= 15 is 0 Å². The van der Waals surface area contributed by atoms with Gasteiger partial charge in [0.25, 0.3) is 5.91 Å². The Bertz CT molecular complexity index is 778. The van der Waals surface area contributed by atoms with Crippen molar-refractivity contribution < 1.29 is 14.3 Å². The summed E-state index contributed by atoms with van der Waals surface area (Å²) in [6, 6.07) is 11.4. The van der Waals surface area contributed by atoms with Crippen LogP contribution in [0.3, 0.4) is 0 Å². The molecule has 0 bridgehead atoms. The van der Waals surface area contributed by atoms with Crippen molar-refractivity contribution in [2.24, 2.45) is 5.92 Å². The molecule has 136 valence electrons. The number of hydrogen-bond acceptors (Lipinski definition) is 4. The zero-order valence-electron chi connectivity index (χ0n) is 14.6. The lowest BCUT2D eigenvalue weighted by atomic mass is 10.1. The van der Waals surface area contributed by atoms with E-state index in [1.807, 2.05) is 45.5 Å². The summed E-state index contributed by atoms with van der Waals surface area (Å²) in [7, 11) is 0. The van der Waals surface area contributed by atoms with Gasteiger partial charge in [-0.2, -0.15) is 0 Å². The predicted octanol–water partition coefficient (Wildman–Crippen LogP) is 3.02. The Morgan fingerprint density at radius 1 is 1.04 bits per heavy atom. The molecule has 5 nitrogen and oxygen atoms in total. The van der Waals surface area contributed by atoms with Gasteiger partial charge in [-0.05, 0) is 42.5 Å². The van der Waals surface area contributed by atoms with E-state index in [1.54, 1.807) is 17.4 Å². The highest BCUT2D eigenvalue weighted by molar-refractivity contribution is 7.09. The van der Waals surface area contributed by atoms with Crippen molar-refractivity contribution >= 4 is 23.2 Å². The van der Waals surface area contributed by atoms with Crippen molar-refractivity contribution in [3.8, 4) is 5.75 Å². The van der Waals surface area contributed by atoms with Crippen LogP contribution in [0.2, 0.25) is 0 Å². The minimum absolute atomic E-state index is 0.00472. The van der Waals surface area contributed by atoms with E-state index in [-0.39, 0.29) is 17.7 Å². The van der Waals surface area contributed by atoms with Crippen molar-refractivity contribution in [2.75, 3.05) is 26.2 Å². The lowest BCUT2D eigenvalue weighted by molar-refractivity contribution is -0.134. The summed E-state index contributed by atoms with van der Waals surface area (Å²) in [6.45, 7) is 2.97. The summed E-state index contributed by atoms with van der Waals surface area (Å²) in [5.41, 5.74) is 0.635. The summed E-state index contributed by atoms with van der Waals surface area (Å²) in [5, 5.41) is 2.02.